The molecule has 2 aromatic carbocycles. The summed E-state index contributed by atoms with van der Waals surface area (Å²) >= 11 is 0. The molecule has 1 aliphatic heterocycles. The van der Waals surface area contributed by atoms with Crippen molar-refractivity contribution in [1.29, 1.82) is 0 Å². The molecule has 0 saturated carbocycles. The molecule has 0 amide bonds. The Morgan fingerprint density at radius 3 is 2.60 bits per heavy atom. The zero-order valence-electron chi connectivity index (χ0n) is 14.1. The lowest BCUT2D eigenvalue weighted by Crippen LogP contribution is -2.38. The number of ether oxygens (including phenoxy) is 1. The smallest absolute Gasteiger partial charge is 0.240 e. The number of hydrogen-bond acceptors (Lipinski definition) is 4. The predicted octanol–water partition coefficient (Wildman–Crippen LogP) is 2.42. The van der Waals surface area contributed by atoms with Crippen LogP contribution in [0.3, 0.4) is 0 Å². The predicted molar refractivity (Wildman–Crippen MR) is 100 cm³/mol. The molecule has 0 spiro atoms. The monoisotopic (exact) mass is 382 g/mol. The van der Waals surface area contributed by atoms with Gasteiger partial charge in [-0.25, -0.2) is 13.1 Å². The van der Waals surface area contributed by atoms with E-state index in [2.05, 4.69) is 22.2 Å². The molecule has 0 aromatic heterocycles. The maximum absolute atomic E-state index is 12.5. The molecule has 7 heteroatoms. The molecule has 136 valence electrons. The molecule has 2 N–H and O–H groups in total. The van der Waals surface area contributed by atoms with Gasteiger partial charge in [0.25, 0.3) is 0 Å². The minimum Gasteiger partial charge on any atom is -0.380 e. The van der Waals surface area contributed by atoms with Crippen LogP contribution in [0.2, 0.25) is 0 Å². The van der Waals surface area contributed by atoms with Crippen LogP contribution in [-0.2, 0) is 27.8 Å². The topological polar surface area (TPSA) is 67.4 Å². The van der Waals surface area contributed by atoms with Gasteiger partial charge in [-0.1, -0.05) is 36.4 Å². The summed E-state index contributed by atoms with van der Waals surface area (Å²) in [4.78, 5) is 0.270. The van der Waals surface area contributed by atoms with Gasteiger partial charge < -0.3 is 10.1 Å². The summed E-state index contributed by atoms with van der Waals surface area (Å²) in [5.41, 5.74) is 3.39. The fourth-order valence-electron chi connectivity index (χ4n) is 2.98. The van der Waals surface area contributed by atoms with Crippen molar-refractivity contribution < 1.29 is 13.2 Å². The van der Waals surface area contributed by atoms with Crippen LogP contribution in [0.15, 0.2) is 53.4 Å². The molecule has 0 radical (unpaired) electrons. The molecular formula is C18H23ClN2O3S. The Labute approximate surface area is 155 Å². The summed E-state index contributed by atoms with van der Waals surface area (Å²) in [5.74, 6) is 0. The third-order valence-electron chi connectivity index (χ3n) is 4.24. The Morgan fingerprint density at radius 2 is 1.88 bits per heavy atom. The lowest BCUT2D eigenvalue weighted by molar-refractivity contribution is 0.185. The van der Waals surface area contributed by atoms with Gasteiger partial charge in [0.15, 0.2) is 0 Å². The lowest BCUT2D eigenvalue weighted by atomic mass is 9.95. The lowest BCUT2D eigenvalue weighted by Gasteiger charge is -2.27. The van der Waals surface area contributed by atoms with Crippen LogP contribution in [0, 0.1) is 0 Å². The van der Waals surface area contributed by atoms with Gasteiger partial charge in [-0.2, -0.15) is 0 Å². The first-order chi connectivity index (χ1) is 11.6. The summed E-state index contributed by atoms with van der Waals surface area (Å²) in [6.45, 7) is 1.66. The number of methoxy groups -OCH3 is 1. The molecule has 3 rings (SSSR count). The highest BCUT2D eigenvalue weighted by atomic mass is 35.5. The maximum atomic E-state index is 12.5. The van der Waals surface area contributed by atoms with Crippen LogP contribution in [0.1, 0.15) is 22.7 Å². The van der Waals surface area contributed by atoms with Crippen LogP contribution in [0.5, 0.6) is 0 Å². The first kappa shape index (κ1) is 19.9. The largest absolute Gasteiger partial charge is 0.380 e. The SMILES string of the molecule is COCc1ccc(S(=O)(=O)NCC2NCCc3ccccc32)cc1.Cl. The van der Waals surface area contributed by atoms with Crippen LogP contribution in [-0.4, -0.2) is 28.6 Å². The molecule has 5 nitrogen and oxygen atoms in total. The van der Waals surface area contributed by atoms with Crippen LogP contribution < -0.4 is 10.0 Å². The van der Waals surface area contributed by atoms with Gasteiger partial charge >= 0.3 is 0 Å². The second kappa shape index (κ2) is 8.78. The average Bonchev–Trinajstić information content (AvgIpc) is 2.61. The summed E-state index contributed by atoms with van der Waals surface area (Å²) in [6.07, 6.45) is 0.973. The zero-order chi connectivity index (χ0) is 17.0. The maximum Gasteiger partial charge on any atom is 0.240 e. The molecule has 0 saturated heterocycles. The van der Waals surface area contributed by atoms with Gasteiger partial charge in [-0.3, -0.25) is 0 Å². The fourth-order valence-corrected chi connectivity index (χ4v) is 4.03. The molecule has 25 heavy (non-hydrogen) atoms. The first-order valence-corrected chi connectivity index (χ1v) is 9.47. The van der Waals surface area contributed by atoms with Crippen molar-refractivity contribution in [2.75, 3.05) is 20.2 Å². The molecule has 0 fully saturated rings. The van der Waals surface area contributed by atoms with E-state index >= 15 is 0 Å². The molecule has 1 heterocycles. The molecule has 0 bridgehead atoms. The Balaban J connectivity index is 0.00000225. The quantitative estimate of drug-likeness (QED) is 0.805. The van der Waals surface area contributed by atoms with Gasteiger partial charge in [-0.05, 0) is 41.8 Å². The van der Waals surface area contributed by atoms with E-state index in [1.54, 1.807) is 31.4 Å². The van der Waals surface area contributed by atoms with E-state index in [-0.39, 0.29) is 23.3 Å². The molecule has 0 aliphatic carbocycles. The first-order valence-electron chi connectivity index (χ1n) is 7.99. The fraction of sp³-hybridized carbons (Fsp3) is 0.333. The molecule has 1 unspecified atom stereocenters. The Morgan fingerprint density at radius 1 is 1.16 bits per heavy atom. The number of benzene rings is 2. The summed E-state index contributed by atoms with van der Waals surface area (Å²) in [7, 11) is -1.91. The van der Waals surface area contributed by atoms with Gasteiger partial charge in [0.1, 0.15) is 0 Å². The van der Waals surface area contributed by atoms with Crippen molar-refractivity contribution in [1.82, 2.24) is 10.0 Å². The van der Waals surface area contributed by atoms with Gasteiger partial charge in [-0.15, -0.1) is 12.4 Å². The van der Waals surface area contributed by atoms with Crippen molar-refractivity contribution >= 4 is 22.4 Å². The highest BCUT2D eigenvalue weighted by molar-refractivity contribution is 7.89. The normalized spacial score (nSPS) is 16.8. The van der Waals surface area contributed by atoms with Crippen LogP contribution in [0.25, 0.3) is 0 Å². The summed E-state index contributed by atoms with van der Waals surface area (Å²) in [6, 6.07) is 14.9. The number of rotatable bonds is 6. The third kappa shape index (κ3) is 4.80. The molecule has 1 aliphatic rings. The van der Waals surface area contributed by atoms with Crippen molar-refractivity contribution in [3.05, 3.63) is 65.2 Å². The van der Waals surface area contributed by atoms with Crippen molar-refractivity contribution in [3.8, 4) is 0 Å². The van der Waals surface area contributed by atoms with E-state index in [0.29, 0.717) is 13.2 Å². The van der Waals surface area contributed by atoms with Crippen molar-refractivity contribution in [2.24, 2.45) is 0 Å². The van der Waals surface area contributed by atoms with Gasteiger partial charge in [0, 0.05) is 19.7 Å². The van der Waals surface area contributed by atoms with E-state index < -0.39 is 10.0 Å². The highest BCUT2D eigenvalue weighted by Crippen LogP contribution is 2.22. The number of hydrogen-bond donors (Lipinski definition) is 2. The number of nitrogens with one attached hydrogen (secondary N) is 2. The number of fused-ring (bicyclic) bond motifs is 1. The van der Waals surface area contributed by atoms with E-state index in [9.17, 15) is 8.42 Å². The molecular weight excluding hydrogens is 360 g/mol. The number of halogens is 1. The van der Waals surface area contributed by atoms with Gasteiger partial charge in [0.2, 0.25) is 10.0 Å². The number of sulfonamides is 1. The molecule has 1 atom stereocenters. The van der Waals surface area contributed by atoms with Crippen LogP contribution >= 0.6 is 12.4 Å². The minimum atomic E-state index is -3.52. The summed E-state index contributed by atoms with van der Waals surface area (Å²) < 4.78 is 32.7. The van der Waals surface area contributed by atoms with Crippen molar-refractivity contribution in [2.45, 2.75) is 24.0 Å². The van der Waals surface area contributed by atoms with E-state index in [4.69, 9.17) is 4.74 Å². The Bertz CT molecular complexity index is 794. The van der Waals surface area contributed by atoms with E-state index in [1.807, 2.05) is 12.1 Å². The second-order valence-electron chi connectivity index (χ2n) is 5.88. The van der Waals surface area contributed by atoms with E-state index in [1.165, 1.54) is 11.1 Å². The zero-order valence-corrected chi connectivity index (χ0v) is 15.7. The minimum absolute atomic E-state index is 0. The van der Waals surface area contributed by atoms with Crippen molar-refractivity contribution in [3.63, 3.8) is 0 Å². The highest BCUT2D eigenvalue weighted by Gasteiger charge is 2.22. The Kier molecular flexibility index (Phi) is 6.98. The second-order valence-corrected chi connectivity index (χ2v) is 7.65. The third-order valence-corrected chi connectivity index (χ3v) is 5.68. The van der Waals surface area contributed by atoms with Gasteiger partial charge in [0.05, 0.1) is 11.5 Å². The molecule has 2 aromatic rings. The van der Waals surface area contributed by atoms with E-state index in [0.717, 1.165) is 18.5 Å². The Hall–Kier alpha value is -1.44. The standard InChI is InChI=1S/C18H22N2O3S.ClH/c1-23-13-14-6-8-16(9-7-14)24(21,22)20-12-18-17-5-3-2-4-15(17)10-11-19-18;/h2-9,18-20H,10-13H2,1H3;1H. The van der Waals surface area contributed by atoms with Crippen LogP contribution in [0.4, 0.5) is 0 Å². The summed E-state index contributed by atoms with van der Waals surface area (Å²) in [5, 5.41) is 3.38. The average molecular weight is 383 g/mol.